The van der Waals surface area contributed by atoms with Crippen molar-refractivity contribution >= 4 is 30.3 Å². The lowest BCUT2D eigenvalue weighted by molar-refractivity contribution is -0.146. The molecule has 3 heterocycles. The molecule has 0 aromatic carbocycles. The van der Waals surface area contributed by atoms with Crippen LogP contribution >= 0.6 is 11.8 Å². The maximum absolute atomic E-state index is 12.3. The van der Waals surface area contributed by atoms with E-state index in [1.54, 1.807) is 29.1 Å². The molecule has 1 amide bonds. The molecular weight excluding hydrogens is 417 g/mol. The summed E-state index contributed by atoms with van der Waals surface area (Å²) in [6, 6.07) is 0.120. The van der Waals surface area contributed by atoms with Gasteiger partial charge in [0.1, 0.15) is 0 Å². The van der Waals surface area contributed by atoms with Crippen molar-refractivity contribution in [2.45, 2.75) is 88.3 Å². The zero-order valence-corrected chi connectivity index (χ0v) is 19.7. The van der Waals surface area contributed by atoms with Crippen LogP contribution < -0.4 is 5.46 Å². The van der Waals surface area contributed by atoms with E-state index in [2.05, 4.69) is 9.97 Å². The van der Waals surface area contributed by atoms with Crippen molar-refractivity contribution in [2.75, 3.05) is 18.9 Å². The molecule has 2 saturated heterocycles. The molecule has 2 N–H and O–H groups in total. The number of hydrogen-bond donors (Lipinski definition) is 2. The molecule has 31 heavy (non-hydrogen) atoms. The third kappa shape index (κ3) is 5.79. The van der Waals surface area contributed by atoms with Gasteiger partial charge in [0.15, 0.2) is 11.3 Å². The van der Waals surface area contributed by atoms with Gasteiger partial charge in [-0.3, -0.25) is 4.79 Å². The minimum absolute atomic E-state index is 0.120. The third-order valence-electron chi connectivity index (χ3n) is 6.45. The number of piperidine rings is 1. The first-order valence-corrected chi connectivity index (χ1v) is 12.0. The summed E-state index contributed by atoms with van der Waals surface area (Å²) in [5.74, 6) is 0.484. The molecule has 8 nitrogen and oxygen atoms in total. The predicted octanol–water partition coefficient (Wildman–Crippen LogP) is 1.38. The number of nitrogens with zero attached hydrogens (tertiary/aromatic N) is 3. The summed E-state index contributed by atoms with van der Waals surface area (Å²) < 4.78 is 12.1. The smallest absolute Gasteiger partial charge is 0.399 e. The monoisotopic (exact) mass is 451 g/mol. The molecule has 0 radical (unpaired) electrons. The lowest BCUT2D eigenvalue weighted by atomic mass is 9.81. The van der Waals surface area contributed by atoms with Gasteiger partial charge >= 0.3 is 7.12 Å². The Labute approximate surface area is 189 Å². The molecule has 3 rings (SSSR count). The fourth-order valence-corrected chi connectivity index (χ4v) is 4.59. The van der Waals surface area contributed by atoms with Crippen LogP contribution in [0.15, 0.2) is 17.6 Å². The number of likely N-dealkylation sites (tertiary alicyclic amines) is 1. The van der Waals surface area contributed by atoms with Crippen LogP contribution in [0.1, 0.15) is 59.8 Å². The van der Waals surface area contributed by atoms with Crippen molar-refractivity contribution in [3.05, 3.63) is 12.4 Å². The lowest BCUT2D eigenvalue weighted by Crippen LogP contribution is -2.49. The molecule has 1 aromatic rings. The van der Waals surface area contributed by atoms with Gasteiger partial charge in [0.25, 0.3) is 5.91 Å². The summed E-state index contributed by atoms with van der Waals surface area (Å²) in [7, 11) is -0.465. The maximum atomic E-state index is 12.3. The number of aliphatic hydroxyl groups is 2. The summed E-state index contributed by atoms with van der Waals surface area (Å²) in [4.78, 5) is 22.9. The zero-order valence-electron chi connectivity index (χ0n) is 18.9. The highest BCUT2D eigenvalue weighted by molar-refractivity contribution is 7.99. The predicted molar refractivity (Wildman–Crippen MR) is 120 cm³/mol. The number of rotatable bonds is 8. The van der Waals surface area contributed by atoms with E-state index < -0.39 is 31.0 Å². The molecule has 0 unspecified atom stereocenters. The van der Waals surface area contributed by atoms with Crippen LogP contribution in [0.25, 0.3) is 0 Å². The van der Waals surface area contributed by atoms with E-state index in [4.69, 9.17) is 14.4 Å². The second-order valence-corrected chi connectivity index (χ2v) is 10.3. The summed E-state index contributed by atoms with van der Waals surface area (Å²) in [5, 5.41) is 19.5. The van der Waals surface area contributed by atoms with Gasteiger partial charge in [-0.15, -0.1) is 0 Å². The van der Waals surface area contributed by atoms with Crippen LogP contribution in [-0.2, 0) is 14.1 Å². The molecule has 2 fully saturated rings. The van der Waals surface area contributed by atoms with E-state index in [0.29, 0.717) is 11.7 Å². The SMILES string of the molecule is CC1(C)OB(c2cnc(SCCC[C@H]3CCCCN3C(=O)[C@@H](O)CO)nc2)OC1(C)C. The third-order valence-corrected chi connectivity index (χ3v) is 7.42. The number of thioether (sulfide) groups is 1. The van der Waals surface area contributed by atoms with Gasteiger partial charge in [-0.1, -0.05) is 11.8 Å². The highest BCUT2D eigenvalue weighted by atomic mass is 32.2. The van der Waals surface area contributed by atoms with Crippen LogP contribution in [0.3, 0.4) is 0 Å². The first-order valence-electron chi connectivity index (χ1n) is 11.0. The van der Waals surface area contributed by atoms with Gasteiger partial charge in [-0.05, 0) is 59.8 Å². The summed E-state index contributed by atoms with van der Waals surface area (Å²) in [6.45, 7) is 8.19. The van der Waals surface area contributed by atoms with Crippen molar-refractivity contribution in [3.63, 3.8) is 0 Å². The standard InChI is InChI=1S/C21H34BN3O5S/c1-20(2)21(3,4)30-22(29-20)15-12-23-19(24-13-15)31-11-7-9-16-8-5-6-10-25(16)18(28)17(27)14-26/h12-13,16-17,26-27H,5-11,14H2,1-4H3/t16-,17+/m1/s1. The second-order valence-electron chi connectivity index (χ2n) is 9.26. The molecule has 2 atom stereocenters. The zero-order chi connectivity index (χ0) is 22.6. The van der Waals surface area contributed by atoms with Crippen molar-refractivity contribution in [1.29, 1.82) is 0 Å². The number of carbonyl (C=O) groups is 1. The number of aliphatic hydroxyl groups excluding tert-OH is 2. The van der Waals surface area contributed by atoms with Gasteiger partial charge < -0.3 is 24.4 Å². The number of amides is 1. The minimum atomic E-state index is -1.31. The summed E-state index contributed by atoms with van der Waals surface area (Å²) in [6.07, 6.45) is 6.95. The van der Waals surface area contributed by atoms with Crippen LogP contribution in [0, 0.1) is 0 Å². The quantitative estimate of drug-likeness (QED) is 0.264. The number of carbonyl (C=O) groups excluding carboxylic acids is 1. The van der Waals surface area contributed by atoms with Gasteiger partial charge in [0.05, 0.1) is 17.8 Å². The molecule has 0 aliphatic carbocycles. The second kappa shape index (κ2) is 10.2. The Kier molecular flexibility index (Phi) is 8.02. The number of hydrogen-bond acceptors (Lipinski definition) is 8. The molecule has 2 aliphatic rings. The molecule has 2 aliphatic heterocycles. The highest BCUT2D eigenvalue weighted by Crippen LogP contribution is 2.36. The number of aromatic nitrogens is 2. The fourth-order valence-electron chi connectivity index (χ4n) is 3.84. The Bertz CT molecular complexity index is 733. The van der Waals surface area contributed by atoms with E-state index in [0.717, 1.165) is 43.3 Å². The molecular formula is C21H34BN3O5S. The van der Waals surface area contributed by atoms with Gasteiger partial charge in [-0.2, -0.15) is 0 Å². The summed E-state index contributed by atoms with van der Waals surface area (Å²) >= 11 is 1.58. The first-order chi connectivity index (χ1) is 14.6. The van der Waals surface area contributed by atoms with Crippen LogP contribution in [0.5, 0.6) is 0 Å². The largest absolute Gasteiger partial charge is 0.498 e. The molecule has 0 bridgehead atoms. The summed E-state index contributed by atoms with van der Waals surface area (Å²) in [5.41, 5.74) is 0.0149. The van der Waals surface area contributed by atoms with Gasteiger partial charge in [-0.25, -0.2) is 9.97 Å². The van der Waals surface area contributed by atoms with E-state index in [9.17, 15) is 9.90 Å². The molecule has 172 valence electrons. The Hall–Kier alpha value is -1.20. The molecule has 1 aromatic heterocycles. The van der Waals surface area contributed by atoms with Crippen LogP contribution in [0.2, 0.25) is 0 Å². The lowest BCUT2D eigenvalue weighted by Gasteiger charge is -2.36. The van der Waals surface area contributed by atoms with Gasteiger partial charge in [0, 0.05) is 36.2 Å². The van der Waals surface area contributed by atoms with Gasteiger partial charge in [0.2, 0.25) is 0 Å². The van der Waals surface area contributed by atoms with Crippen molar-refractivity contribution < 1.29 is 24.3 Å². The van der Waals surface area contributed by atoms with E-state index >= 15 is 0 Å². The van der Waals surface area contributed by atoms with E-state index in [1.807, 2.05) is 27.7 Å². The van der Waals surface area contributed by atoms with Crippen molar-refractivity contribution in [2.24, 2.45) is 0 Å². The maximum Gasteiger partial charge on any atom is 0.498 e. The van der Waals surface area contributed by atoms with E-state index in [1.165, 1.54) is 0 Å². The minimum Gasteiger partial charge on any atom is -0.399 e. The van der Waals surface area contributed by atoms with Crippen molar-refractivity contribution in [1.82, 2.24) is 14.9 Å². The van der Waals surface area contributed by atoms with E-state index in [-0.39, 0.29) is 11.9 Å². The Balaban J connectivity index is 1.46. The highest BCUT2D eigenvalue weighted by Gasteiger charge is 2.51. The Morgan fingerprint density at radius 2 is 1.90 bits per heavy atom. The molecule has 0 saturated carbocycles. The average Bonchev–Trinajstić information content (AvgIpc) is 2.97. The Morgan fingerprint density at radius 1 is 1.26 bits per heavy atom. The average molecular weight is 451 g/mol. The topological polar surface area (TPSA) is 105 Å². The van der Waals surface area contributed by atoms with Crippen molar-refractivity contribution in [3.8, 4) is 0 Å². The van der Waals surface area contributed by atoms with Crippen LogP contribution in [0.4, 0.5) is 0 Å². The normalized spacial score (nSPS) is 23.7. The van der Waals surface area contributed by atoms with Crippen LogP contribution in [-0.4, -0.2) is 80.4 Å². The first kappa shape index (κ1) is 24.4. The Morgan fingerprint density at radius 3 is 2.52 bits per heavy atom. The molecule has 10 heteroatoms. The fraction of sp³-hybridized carbons (Fsp3) is 0.762. The molecule has 0 spiro atoms.